The number of fused-ring (bicyclic) bond motifs is 1. The number of carbonyl (C=O) groups excluding carboxylic acids is 1. The maximum absolute atomic E-state index is 13.2. The van der Waals surface area contributed by atoms with Crippen LogP contribution in [0.15, 0.2) is 28.9 Å². The molecule has 0 N–H and O–H groups in total. The highest BCUT2D eigenvalue weighted by Crippen LogP contribution is 2.38. The van der Waals surface area contributed by atoms with Crippen molar-refractivity contribution in [2.24, 2.45) is 5.92 Å². The van der Waals surface area contributed by atoms with Crippen molar-refractivity contribution in [2.75, 3.05) is 13.1 Å². The van der Waals surface area contributed by atoms with Gasteiger partial charge in [-0.05, 0) is 50.7 Å². The minimum atomic E-state index is 0.0556. The Kier molecular flexibility index (Phi) is 3.95. The van der Waals surface area contributed by atoms with E-state index in [1.165, 1.54) is 12.8 Å². The number of nitrogens with zero attached hydrogens (tertiary/aromatic N) is 5. The number of carbonyl (C=O) groups is 1. The van der Waals surface area contributed by atoms with Crippen LogP contribution in [0.1, 0.15) is 59.5 Å². The first-order valence-corrected chi connectivity index (χ1v) is 9.74. The lowest BCUT2D eigenvalue weighted by Crippen LogP contribution is -2.41. The molecule has 4 heterocycles. The van der Waals surface area contributed by atoms with Crippen LogP contribution < -0.4 is 0 Å². The van der Waals surface area contributed by atoms with Crippen molar-refractivity contribution in [1.82, 2.24) is 24.4 Å². The van der Waals surface area contributed by atoms with E-state index in [0.717, 1.165) is 49.5 Å². The predicted molar refractivity (Wildman–Crippen MR) is 98.5 cm³/mol. The van der Waals surface area contributed by atoms with E-state index < -0.39 is 0 Å². The van der Waals surface area contributed by atoms with Crippen LogP contribution in [-0.4, -0.2) is 43.4 Å². The summed E-state index contributed by atoms with van der Waals surface area (Å²) in [5.74, 6) is 2.48. The van der Waals surface area contributed by atoms with Crippen molar-refractivity contribution in [3.63, 3.8) is 0 Å². The molecule has 0 unspecified atom stereocenters. The molecule has 1 saturated heterocycles. The van der Waals surface area contributed by atoms with Crippen LogP contribution in [0.2, 0.25) is 0 Å². The number of imidazole rings is 1. The maximum Gasteiger partial charge on any atom is 0.272 e. The molecule has 0 aromatic carbocycles. The third-order valence-corrected chi connectivity index (χ3v) is 5.60. The van der Waals surface area contributed by atoms with Gasteiger partial charge in [-0.1, -0.05) is 11.2 Å². The Morgan fingerprint density at radius 2 is 2.15 bits per heavy atom. The Morgan fingerprint density at radius 3 is 3.00 bits per heavy atom. The fourth-order valence-electron chi connectivity index (χ4n) is 4.04. The average molecular weight is 365 g/mol. The van der Waals surface area contributed by atoms with Gasteiger partial charge in [-0.15, -0.1) is 0 Å². The molecular weight excluding hydrogens is 342 g/mol. The first kappa shape index (κ1) is 16.5. The summed E-state index contributed by atoms with van der Waals surface area (Å²) >= 11 is 0. The Morgan fingerprint density at radius 1 is 1.26 bits per heavy atom. The number of piperidine rings is 1. The predicted octanol–water partition coefficient (Wildman–Crippen LogP) is 3.00. The topological polar surface area (TPSA) is 76.5 Å². The summed E-state index contributed by atoms with van der Waals surface area (Å²) in [4.78, 5) is 24.2. The molecule has 0 spiro atoms. The molecule has 2 aliphatic rings. The second-order valence-electron chi connectivity index (χ2n) is 7.76. The number of aryl methyl sites for hydroxylation is 1. The number of hydrogen-bond donors (Lipinski definition) is 0. The molecule has 3 aromatic heterocycles. The van der Waals surface area contributed by atoms with Gasteiger partial charge >= 0.3 is 0 Å². The fraction of sp³-hybridized carbons (Fsp3) is 0.500. The maximum atomic E-state index is 13.2. The zero-order valence-corrected chi connectivity index (χ0v) is 15.5. The van der Waals surface area contributed by atoms with E-state index in [9.17, 15) is 4.79 Å². The number of amides is 1. The molecule has 1 saturated carbocycles. The van der Waals surface area contributed by atoms with Crippen molar-refractivity contribution in [3.05, 3.63) is 47.5 Å². The summed E-state index contributed by atoms with van der Waals surface area (Å²) in [6, 6.07) is 5.79. The van der Waals surface area contributed by atoms with Crippen molar-refractivity contribution in [2.45, 2.75) is 44.9 Å². The lowest BCUT2D eigenvalue weighted by molar-refractivity contribution is 0.0660. The van der Waals surface area contributed by atoms with Crippen molar-refractivity contribution in [1.29, 1.82) is 0 Å². The highest BCUT2D eigenvalue weighted by atomic mass is 16.5. The number of pyridine rings is 1. The van der Waals surface area contributed by atoms with Crippen LogP contribution in [0.5, 0.6) is 0 Å². The largest absolute Gasteiger partial charge is 0.339 e. The monoisotopic (exact) mass is 365 g/mol. The van der Waals surface area contributed by atoms with E-state index in [-0.39, 0.29) is 5.91 Å². The summed E-state index contributed by atoms with van der Waals surface area (Å²) in [5, 5.41) is 4.11. The molecule has 7 heteroatoms. The quantitative estimate of drug-likeness (QED) is 0.710. The highest BCUT2D eigenvalue weighted by Gasteiger charge is 2.31. The van der Waals surface area contributed by atoms with Gasteiger partial charge in [0.1, 0.15) is 11.3 Å². The lowest BCUT2D eigenvalue weighted by atomic mass is 9.94. The summed E-state index contributed by atoms with van der Waals surface area (Å²) in [5.41, 5.74) is 2.25. The van der Waals surface area contributed by atoms with Gasteiger partial charge < -0.3 is 9.42 Å². The molecule has 1 atom stereocenters. The van der Waals surface area contributed by atoms with Gasteiger partial charge in [-0.3, -0.25) is 9.20 Å². The Balaban J connectivity index is 1.32. The van der Waals surface area contributed by atoms with Gasteiger partial charge in [0.15, 0.2) is 5.82 Å². The number of hydrogen-bond acceptors (Lipinski definition) is 5. The van der Waals surface area contributed by atoms with Crippen LogP contribution in [0, 0.1) is 12.8 Å². The second-order valence-corrected chi connectivity index (χ2v) is 7.76. The van der Waals surface area contributed by atoms with E-state index in [0.29, 0.717) is 23.4 Å². The minimum Gasteiger partial charge on any atom is -0.339 e. The Labute approximate surface area is 157 Å². The molecular formula is C20H23N5O2. The highest BCUT2D eigenvalue weighted by molar-refractivity contribution is 5.94. The number of rotatable bonds is 4. The third kappa shape index (κ3) is 3.11. The van der Waals surface area contributed by atoms with E-state index in [1.807, 2.05) is 40.6 Å². The molecule has 1 aliphatic carbocycles. The number of likely N-dealkylation sites (tertiary alicyclic amines) is 1. The van der Waals surface area contributed by atoms with Crippen molar-refractivity contribution < 1.29 is 9.32 Å². The summed E-state index contributed by atoms with van der Waals surface area (Å²) < 4.78 is 7.32. The zero-order chi connectivity index (χ0) is 18.4. The Hall–Kier alpha value is -2.70. The second kappa shape index (κ2) is 6.48. The molecule has 3 aromatic rings. The van der Waals surface area contributed by atoms with Crippen LogP contribution >= 0.6 is 0 Å². The zero-order valence-electron chi connectivity index (χ0n) is 15.5. The van der Waals surface area contributed by atoms with E-state index in [1.54, 1.807) is 0 Å². The van der Waals surface area contributed by atoms with E-state index >= 15 is 0 Å². The molecule has 27 heavy (non-hydrogen) atoms. The van der Waals surface area contributed by atoms with Crippen molar-refractivity contribution >= 4 is 11.6 Å². The first-order valence-electron chi connectivity index (χ1n) is 9.74. The average Bonchev–Trinajstić information content (AvgIpc) is 3.33. The first-order chi connectivity index (χ1) is 13.2. The summed E-state index contributed by atoms with van der Waals surface area (Å²) in [6.45, 7) is 3.41. The molecule has 0 bridgehead atoms. The van der Waals surface area contributed by atoms with Gasteiger partial charge in [-0.25, -0.2) is 4.98 Å². The van der Waals surface area contributed by atoms with Crippen LogP contribution in [0.4, 0.5) is 0 Å². The van der Waals surface area contributed by atoms with Gasteiger partial charge in [0.05, 0.1) is 5.69 Å². The third-order valence-electron chi connectivity index (χ3n) is 5.60. The smallest absolute Gasteiger partial charge is 0.272 e. The standard InChI is InChI=1S/C20H23N5O2/c1-13-18(25-10-3-2-6-16(25)21-13)20(26)24-9-4-5-14(12-24)11-17-22-19(23-27-17)15-7-8-15/h2-3,6,10,14-15H,4-5,7-9,11-12H2,1H3/t14-/m0/s1. The van der Waals surface area contributed by atoms with Crippen LogP contribution in [-0.2, 0) is 6.42 Å². The molecule has 0 radical (unpaired) electrons. The summed E-state index contributed by atoms with van der Waals surface area (Å²) in [7, 11) is 0. The van der Waals surface area contributed by atoms with Gasteiger partial charge in [0, 0.05) is 31.6 Å². The Bertz CT molecular complexity index is 987. The molecule has 1 amide bonds. The molecule has 5 rings (SSSR count). The van der Waals surface area contributed by atoms with Gasteiger partial charge in [0.2, 0.25) is 5.89 Å². The van der Waals surface area contributed by atoms with E-state index in [2.05, 4.69) is 15.1 Å². The van der Waals surface area contributed by atoms with Crippen LogP contribution in [0.3, 0.4) is 0 Å². The SMILES string of the molecule is Cc1nc2ccccn2c1C(=O)N1CCC[C@@H](Cc2nc(C3CC3)no2)C1. The van der Waals surface area contributed by atoms with Gasteiger partial charge in [-0.2, -0.15) is 4.98 Å². The fourth-order valence-corrected chi connectivity index (χ4v) is 4.04. The summed E-state index contributed by atoms with van der Waals surface area (Å²) in [6.07, 6.45) is 7.07. The van der Waals surface area contributed by atoms with Crippen molar-refractivity contribution in [3.8, 4) is 0 Å². The molecule has 7 nitrogen and oxygen atoms in total. The van der Waals surface area contributed by atoms with Gasteiger partial charge in [0.25, 0.3) is 5.91 Å². The van der Waals surface area contributed by atoms with E-state index in [4.69, 9.17) is 4.52 Å². The molecule has 2 fully saturated rings. The lowest BCUT2D eigenvalue weighted by Gasteiger charge is -2.32. The molecule has 140 valence electrons. The number of aromatic nitrogens is 4. The normalized spacial score (nSPS) is 20.3. The van der Waals surface area contributed by atoms with Crippen LogP contribution in [0.25, 0.3) is 5.65 Å². The minimum absolute atomic E-state index is 0.0556. The molecule has 1 aliphatic heterocycles.